The molecule has 44 heavy (non-hydrogen) atoms. The second-order valence-electron chi connectivity index (χ2n) is 11.5. The molecule has 226 valence electrons. The molecule has 5 heterocycles. The molecule has 1 aliphatic heterocycles. The molecule has 5 aromatic rings. The van der Waals surface area contributed by atoms with E-state index in [1.165, 1.54) is 0 Å². The number of likely N-dealkylation sites (tertiary alicyclic amines) is 1. The number of aromatic amines is 1. The summed E-state index contributed by atoms with van der Waals surface area (Å²) in [5.74, 6) is 2.23. The number of fused-ring (bicyclic) bond motifs is 1. The van der Waals surface area contributed by atoms with E-state index in [-0.39, 0.29) is 18.6 Å². The van der Waals surface area contributed by atoms with E-state index < -0.39 is 0 Å². The molecule has 0 bridgehead atoms. The zero-order chi connectivity index (χ0) is 30.2. The summed E-state index contributed by atoms with van der Waals surface area (Å²) in [5.41, 5.74) is 5.25. The highest BCUT2D eigenvalue weighted by atomic mass is 16.5. The van der Waals surface area contributed by atoms with Gasteiger partial charge in [-0.2, -0.15) is 10.1 Å². The number of aromatic nitrogens is 7. The summed E-state index contributed by atoms with van der Waals surface area (Å²) in [5, 5.41) is 15.0. The summed E-state index contributed by atoms with van der Waals surface area (Å²) < 4.78 is 7.92. The van der Waals surface area contributed by atoms with Crippen molar-refractivity contribution in [3.63, 3.8) is 0 Å². The van der Waals surface area contributed by atoms with Crippen molar-refractivity contribution in [2.24, 2.45) is 7.05 Å². The Kier molecular flexibility index (Phi) is 7.30. The first kappa shape index (κ1) is 27.8. The van der Waals surface area contributed by atoms with Crippen LogP contribution in [0.2, 0.25) is 0 Å². The van der Waals surface area contributed by atoms with Gasteiger partial charge in [0.2, 0.25) is 23.7 Å². The van der Waals surface area contributed by atoms with Gasteiger partial charge < -0.3 is 25.7 Å². The van der Waals surface area contributed by atoms with Gasteiger partial charge in [-0.3, -0.25) is 14.4 Å². The molecule has 1 unspecified atom stereocenters. The van der Waals surface area contributed by atoms with Crippen molar-refractivity contribution >= 4 is 40.2 Å². The molecule has 4 N–H and O–H groups in total. The van der Waals surface area contributed by atoms with Gasteiger partial charge in [-0.05, 0) is 44.7 Å². The smallest absolute Gasteiger partial charge is 0.238 e. The van der Waals surface area contributed by atoms with Crippen molar-refractivity contribution in [1.29, 1.82) is 0 Å². The van der Waals surface area contributed by atoms with E-state index in [1.807, 2.05) is 51.4 Å². The average Bonchev–Trinajstić information content (AvgIpc) is 3.37. The zero-order valence-electron chi connectivity index (χ0n) is 25.0. The monoisotopic (exact) mass is 593 g/mol. The summed E-state index contributed by atoms with van der Waals surface area (Å²) in [4.78, 5) is 36.6. The highest BCUT2D eigenvalue weighted by Crippen LogP contribution is 2.33. The fourth-order valence-corrected chi connectivity index (χ4v) is 5.45. The van der Waals surface area contributed by atoms with Crippen molar-refractivity contribution < 1.29 is 9.53 Å². The van der Waals surface area contributed by atoms with E-state index in [0.717, 1.165) is 64.9 Å². The quantitative estimate of drug-likeness (QED) is 0.186. The number of amides is 1. The van der Waals surface area contributed by atoms with E-state index >= 15 is 0 Å². The van der Waals surface area contributed by atoms with Crippen LogP contribution >= 0.6 is 0 Å². The van der Waals surface area contributed by atoms with E-state index in [1.54, 1.807) is 23.1 Å². The normalized spacial score (nSPS) is 16.8. The molecular formula is C31H35N11O2. The maximum absolute atomic E-state index is 13.1. The fraction of sp³-hybridized carbons (Fsp3) is 0.355. The maximum atomic E-state index is 13.1. The van der Waals surface area contributed by atoms with Crippen LogP contribution in [0.3, 0.4) is 0 Å². The zero-order valence-corrected chi connectivity index (χ0v) is 25.0. The van der Waals surface area contributed by atoms with Gasteiger partial charge in [-0.1, -0.05) is 12.1 Å². The molecule has 0 spiro atoms. The first-order valence-electron chi connectivity index (χ1n) is 14.9. The van der Waals surface area contributed by atoms with Gasteiger partial charge in [0.1, 0.15) is 6.10 Å². The lowest BCUT2D eigenvalue weighted by Crippen LogP contribution is -2.33. The number of nitrogens with one attached hydrogen (secondary N) is 4. The number of carbonyl (C=O) groups excluding carboxylic acids is 1. The van der Waals surface area contributed by atoms with Gasteiger partial charge in [0.15, 0.2) is 5.82 Å². The van der Waals surface area contributed by atoms with Crippen LogP contribution in [0.25, 0.3) is 22.2 Å². The van der Waals surface area contributed by atoms with Gasteiger partial charge in [-0.15, -0.1) is 0 Å². The molecule has 1 atom stereocenters. The van der Waals surface area contributed by atoms with Crippen LogP contribution in [0.15, 0.2) is 48.9 Å². The number of H-pyrrole nitrogens is 1. The Balaban J connectivity index is 1.00. The highest BCUT2D eigenvalue weighted by molar-refractivity contribution is 6.06. The first-order valence-corrected chi connectivity index (χ1v) is 14.9. The molecule has 1 aliphatic carbocycles. The standard InChI is InChI=1S/C31H35N11O2/c1-18-14-34-31(37-25-13-19(2)41(3)40-25)39-28(18)23-15-33-29-22(23)5-4-6-24(29)36-26(43)17-42-12-10-21(16-42)44-27-9-11-32-30(38-27)35-20-7-8-20/h4-6,9,11,13-15,20-21,33H,7-8,10,12,16-17H2,1-3H3,(H,36,43)(H,32,35,38)(H,34,37,39,40). The molecule has 1 saturated carbocycles. The highest BCUT2D eigenvalue weighted by Gasteiger charge is 2.27. The summed E-state index contributed by atoms with van der Waals surface area (Å²) in [6, 6.07) is 10.1. The van der Waals surface area contributed by atoms with Crippen molar-refractivity contribution in [3.8, 4) is 17.1 Å². The number of ether oxygens (including phenoxy) is 1. The SMILES string of the molecule is Cc1cnc(Nc2cc(C)n(C)n2)nc1-c1c[nH]c2c(NC(=O)CN3CCC(Oc4ccnc(NC5CC5)n4)C3)cccc12. The molecule has 0 radical (unpaired) electrons. The number of para-hydroxylation sites is 1. The third kappa shape index (κ3) is 6.04. The Hall–Kier alpha value is -5.04. The second-order valence-corrected chi connectivity index (χ2v) is 11.5. The van der Waals surface area contributed by atoms with Gasteiger partial charge in [0.25, 0.3) is 0 Å². The van der Waals surface area contributed by atoms with E-state index in [0.29, 0.717) is 36.2 Å². The van der Waals surface area contributed by atoms with Crippen LogP contribution in [-0.4, -0.2) is 77.3 Å². The largest absolute Gasteiger partial charge is 0.473 e. The summed E-state index contributed by atoms with van der Waals surface area (Å²) >= 11 is 0. The Morgan fingerprint density at radius 1 is 1.11 bits per heavy atom. The van der Waals surface area contributed by atoms with Gasteiger partial charge >= 0.3 is 0 Å². The van der Waals surface area contributed by atoms with Crippen LogP contribution < -0.4 is 20.7 Å². The summed E-state index contributed by atoms with van der Waals surface area (Å²) in [6.45, 7) is 5.67. The molecule has 13 nitrogen and oxygen atoms in total. The van der Waals surface area contributed by atoms with E-state index in [2.05, 4.69) is 45.9 Å². The Bertz CT molecular complexity index is 1810. The number of hydrogen-bond donors (Lipinski definition) is 4. The number of anilines is 4. The number of aryl methyl sites for hydroxylation is 3. The average molecular weight is 594 g/mol. The molecule has 2 aliphatic rings. The molecule has 13 heteroatoms. The number of carbonyl (C=O) groups is 1. The van der Waals surface area contributed by atoms with Crippen LogP contribution in [0.5, 0.6) is 5.88 Å². The Morgan fingerprint density at radius 2 is 2.00 bits per heavy atom. The second kappa shape index (κ2) is 11.6. The number of nitrogens with zero attached hydrogens (tertiary/aromatic N) is 7. The molecular weight excluding hydrogens is 558 g/mol. The third-order valence-electron chi connectivity index (χ3n) is 7.99. The van der Waals surface area contributed by atoms with Gasteiger partial charge in [0.05, 0.1) is 23.4 Å². The first-order chi connectivity index (χ1) is 21.4. The van der Waals surface area contributed by atoms with Crippen molar-refractivity contribution in [3.05, 3.63) is 60.2 Å². The van der Waals surface area contributed by atoms with Gasteiger partial charge in [0, 0.05) is 73.5 Å². The minimum Gasteiger partial charge on any atom is -0.473 e. The van der Waals surface area contributed by atoms with E-state index in [9.17, 15) is 4.79 Å². The Labute approximate surface area is 254 Å². The Morgan fingerprint density at radius 3 is 2.82 bits per heavy atom. The molecule has 2 fully saturated rings. The third-order valence-corrected chi connectivity index (χ3v) is 7.99. The van der Waals surface area contributed by atoms with Gasteiger partial charge in [-0.25, -0.2) is 15.0 Å². The maximum Gasteiger partial charge on any atom is 0.238 e. The lowest BCUT2D eigenvalue weighted by Gasteiger charge is -2.17. The molecule has 1 saturated heterocycles. The minimum atomic E-state index is -0.0809. The molecule has 1 amide bonds. The molecule has 1 aromatic carbocycles. The molecule has 4 aromatic heterocycles. The summed E-state index contributed by atoms with van der Waals surface area (Å²) in [6.07, 6.45) is 8.54. The topological polar surface area (TPSA) is 151 Å². The summed E-state index contributed by atoms with van der Waals surface area (Å²) in [7, 11) is 1.89. The lowest BCUT2D eigenvalue weighted by molar-refractivity contribution is -0.117. The van der Waals surface area contributed by atoms with Crippen LogP contribution in [0.4, 0.5) is 23.4 Å². The van der Waals surface area contributed by atoms with Crippen LogP contribution in [0, 0.1) is 13.8 Å². The minimum absolute atomic E-state index is 0.0296. The van der Waals surface area contributed by atoms with Crippen molar-refractivity contribution in [1.82, 2.24) is 39.6 Å². The number of rotatable bonds is 10. The van der Waals surface area contributed by atoms with E-state index in [4.69, 9.17) is 9.72 Å². The van der Waals surface area contributed by atoms with Crippen LogP contribution in [-0.2, 0) is 11.8 Å². The number of benzene rings is 1. The predicted octanol–water partition coefficient (Wildman–Crippen LogP) is 4.17. The van der Waals surface area contributed by atoms with Crippen LogP contribution in [0.1, 0.15) is 30.5 Å². The molecule has 7 rings (SSSR count). The fourth-order valence-electron chi connectivity index (χ4n) is 5.45. The number of hydrogen-bond acceptors (Lipinski definition) is 10. The van der Waals surface area contributed by atoms with Crippen molar-refractivity contribution in [2.45, 2.75) is 45.3 Å². The lowest BCUT2D eigenvalue weighted by atomic mass is 10.1. The van der Waals surface area contributed by atoms with Crippen molar-refractivity contribution in [2.75, 3.05) is 35.6 Å². The predicted molar refractivity (Wildman–Crippen MR) is 168 cm³/mol.